The average molecular weight is 593 g/mol. The number of carbonyl (C=O) groups is 2. The smallest absolute Gasteiger partial charge is 0.350 e. The van der Waals surface area contributed by atoms with Crippen molar-refractivity contribution in [3.63, 3.8) is 0 Å². The van der Waals surface area contributed by atoms with Crippen LogP contribution in [0.1, 0.15) is 27.2 Å². The van der Waals surface area contributed by atoms with Gasteiger partial charge >= 0.3 is 6.18 Å². The van der Waals surface area contributed by atoms with E-state index in [9.17, 15) is 22.8 Å². The van der Waals surface area contributed by atoms with Crippen molar-refractivity contribution in [1.29, 1.82) is 0 Å². The first kappa shape index (κ1) is 28.4. The molecule has 202 valence electrons. The summed E-state index contributed by atoms with van der Waals surface area (Å²) in [6, 6.07) is 18.9. The maximum atomic E-state index is 13.4. The third-order valence-electron chi connectivity index (χ3n) is 5.50. The Morgan fingerprint density at radius 1 is 0.949 bits per heavy atom. The van der Waals surface area contributed by atoms with Gasteiger partial charge < -0.3 is 15.5 Å². The molecule has 0 bridgehead atoms. The number of amides is 2. The lowest BCUT2D eigenvalue weighted by Gasteiger charge is -2.21. The van der Waals surface area contributed by atoms with Crippen molar-refractivity contribution < 1.29 is 22.8 Å². The first-order chi connectivity index (χ1) is 18.6. The first-order valence-electron chi connectivity index (χ1n) is 11.5. The van der Waals surface area contributed by atoms with E-state index in [1.807, 2.05) is 30.3 Å². The number of hydrogen-bond acceptors (Lipinski definition) is 5. The van der Waals surface area contributed by atoms with Gasteiger partial charge in [-0.05, 0) is 35.4 Å². The van der Waals surface area contributed by atoms with Gasteiger partial charge in [-0.1, -0.05) is 71.7 Å². The third kappa shape index (κ3) is 7.72. The average Bonchev–Trinajstić information content (AvgIpc) is 3.38. The lowest BCUT2D eigenvalue weighted by molar-refractivity contribution is -0.137. The van der Waals surface area contributed by atoms with Crippen molar-refractivity contribution in [2.45, 2.75) is 19.3 Å². The summed E-state index contributed by atoms with van der Waals surface area (Å²) in [6.45, 7) is -0.328. The summed E-state index contributed by atoms with van der Waals surface area (Å²) in [5.41, 5.74) is 0.904. The zero-order valence-corrected chi connectivity index (χ0v) is 22.5. The minimum Gasteiger partial charge on any atom is -0.350 e. The number of nitrogens with zero attached hydrogens (tertiary/aromatic N) is 2. The van der Waals surface area contributed by atoms with Crippen LogP contribution >= 0.6 is 34.5 Å². The molecule has 0 spiro atoms. The summed E-state index contributed by atoms with van der Waals surface area (Å²) in [4.78, 5) is 31.8. The van der Waals surface area contributed by atoms with Gasteiger partial charge in [0.1, 0.15) is 12.2 Å². The molecule has 0 aliphatic heterocycles. The van der Waals surface area contributed by atoms with Gasteiger partial charge in [0.05, 0.1) is 21.3 Å². The van der Waals surface area contributed by atoms with Crippen LogP contribution in [0.3, 0.4) is 0 Å². The molecule has 0 atom stereocenters. The van der Waals surface area contributed by atoms with E-state index in [0.29, 0.717) is 20.9 Å². The van der Waals surface area contributed by atoms with Crippen LogP contribution < -0.4 is 10.6 Å². The molecule has 4 aromatic rings. The predicted octanol–water partition coefficient (Wildman–Crippen LogP) is 7.17. The Morgan fingerprint density at radius 3 is 2.41 bits per heavy atom. The van der Waals surface area contributed by atoms with Crippen molar-refractivity contribution in [1.82, 2.24) is 15.2 Å². The molecule has 12 heteroatoms. The van der Waals surface area contributed by atoms with Crippen LogP contribution in [0.15, 0.2) is 78.2 Å². The molecule has 0 unspecified atom stereocenters. The molecule has 3 aromatic carbocycles. The van der Waals surface area contributed by atoms with E-state index in [4.69, 9.17) is 23.2 Å². The highest BCUT2D eigenvalue weighted by molar-refractivity contribution is 7.14. The monoisotopic (exact) mass is 592 g/mol. The molecule has 39 heavy (non-hydrogen) atoms. The van der Waals surface area contributed by atoms with Gasteiger partial charge in [0.2, 0.25) is 5.91 Å². The van der Waals surface area contributed by atoms with Crippen LogP contribution in [0, 0.1) is 0 Å². The van der Waals surface area contributed by atoms with Crippen molar-refractivity contribution in [3.05, 3.63) is 111 Å². The number of halogens is 5. The lowest BCUT2D eigenvalue weighted by Crippen LogP contribution is -2.40. The number of aromatic nitrogens is 1. The van der Waals surface area contributed by atoms with E-state index in [2.05, 4.69) is 15.6 Å². The van der Waals surface area contributed by atoms with Gasteiger partial charge in [0.15, 0.2) is 5.13 Å². The standard InChI is InChI=1S/C27H21Cl2F3N4O2S/c28-20-10-5-11-21(24(20)29)34-26-35-22(16-39-26)25(38)36(14-17-6-2-1-3-7-17)15-23(37)33-13-18-8-4-9-19(12-18)27(30,31)32/h1-12,16H,13-15H2,(H,33,37)(H,34,35). The van der Waals surface area contributed by atoms with E-state index in [1.165, 1.54) is 28.4 Å². The number of benzene rings is 3. The summed E-state index contributed by atoms with van der Waals surface area (Å²) in [5, 5.41) is 8.25. The quantitative estimate of drug-likeness (QED) is 0.216. The van der Waals surface area contributed by atoms with Crippen molar-refractivity contribution >= 4 is 57.2 Å². The fourth-order valence-electron chi connectivity index (χ4n) is 3.60. The second kappa shape index (κ2) is 12.5. The summed E-state index contributed by atoms with van der Waals surface area (Å²) < 4.78 is 39.0. The van der Waals surface area contributed by atoms with Crippen molar-refractivity contribution in [3.8, 4) is 0 Å². The second-order valence-corrected chi connectivity index (χ2v) is 10.0. The molecule has 0 radical (unpaired) electrons. The van der Waals surface area contributed by atoms with Crippen LogP contribution in [0.5, 0.6) is 0 Å². The normalized spacial score (nSPS) is 11.2. The number of hydrogen-bond donors (Lipinski definition) is 2. The van der Waals surface area contributed by atoms with Crippen LogP contribution in [-0.4, -0.2) is 28.2 Å². The highest BCUT2D eigenvalue weighted by Crippen LogP contribution is 2.33. The van der Waals surface area contributed by atoms with Gasteiger partial charge in [0, 0.05) is 18.5 Å². The molecule has 0 saturated heterocycles. The van der Waals surface area contributed by atoms with Crippen LogP contribution in [-0.2, 0) is 24.1 Å². The van der Waals surface area contributed by atoms with Crippen molar-refractivity contribution in [2.75, 3.05) is 11.9 Å². The number of carbonyl (C=O) groups excluding carboxylic acids is 2. The Hall–Kier alpha value is -3.60. The Balaban J connectivity index is 1.47. The third-order valence-corrected chi connectivity index (χ3v) is 7.08. The molecule has 0 aliphatic carbocycles. The Morgan fingerprint density at radius 2 is 1.67 bits per heavy atom. The van der Waals surface area contributed by atoms with Crippen LogP contribution in [0.25, 0.3) is 0 Å². The fraction of sp³-hybridized carbons (Fsp3) is 0.148. The molecule has 0 saturated carbocycles. The zero-order chi connectivity index (χ0) is 28.0. The zero-order valence-electron chi connectivity index (χ0n) is 20.1. The SMILES string of the molecule is O=C(CN(Cc1ccccc1)C(=O)c1csc(Nc2cccc(Cl)c2Cl)n1)NCc1cccc(C(F)(F)F)c1. The second-order valence-electron chi connectivity index (χ2n) is 8.39. The van der Waals surface area contributed by atoms with E-state index < -0.39 is 23.6 Å². The molecule has 1 heterocycles. The molecular formula is C27H21Cl2F3N4O2S. The summed E-state index contributed by atoms with van der Waals surface area (Å²) >= 11 is 13.5. The first-order valence-corrected chi connectivity index (χ1v) is 13.2. The predicted molar refractivity (Wildman–Crippen MR) is 146 cm³/mol. The number of nitrogens with one attached hydrogen (secondary N) is 2. The maximum absolute atomic E-state index is 13.4. The van der Waals surface area contributed by atoms with Gasteiger partial charge in [-0.2, -0.15) is 13.2 Å². The molecule has 6 nitrogen and oxygen atoms in total. The summed E-state index contributed by atoms with van der Waals surface area (Å²) in [6.07, 6.45) is -4.49. The number of anilines is 2. The Bertz CT molecular complexity index is 1460. The highest BCUT2D eigenvalue weighted by Gasteiger charge is 2.30. The number of rotatable bonds is 9. The van der Waals surface area contributed by atoms with E-state index >= 15 is 0 Å². The fourth-order valence-corrected chi connectivity index (χ4v) is 4.64. The largest absolute Gasteiger partial charge is 0.416 e. The molecule has 0 fully saturated rings. The van der Waals surface area contributed by atoms with Gasteiger partial charge in [-0.15, -0.1) is 11.3 Å². The number of thiazole rings is 1. The van der Waals surface area contributed by atoms with Gasteiger partial charge in [-0.25, -0.2) is 4.98 Å². The lowest BCUT2D eigenvalue weighted by atomic mass is 10.1. The summed E-state index contributed by atoms with van der Waals surface area (Å²) in [5.74, 6) is -1.02. The molecular weight excluding hydrogens is 572 g/mol. The van der Waals surface area contributed by atoms with Crippen molar-refractivity contribution in [2.24, 2.45) is 0 Å². The molecule has 2 amide bonds. The molecule has 2 N–H and O–H groups in total. The van der Waals surface area contributed by atoms with E-state index in [1.54, 1.807) is 23.6 Å². The Labute approximate surface area is 236 Å². The molecule has 1 aromatic heterocycles. The topological polar surface area (TPSA) is 74.3 Å². The minimum atomic E-state index is -4.49. The van der Waals surface area contributed by atoms with Gasteiger partial charge in [0.25, 0.3) is 5.91 Å². The van der Waals surface area contributed by atoms with E-state index in [-0.39, 0.29) is 30.9 Å². The molecule has 0 aliphatic rings. The van der Waals surface area contributed by atoms with E-state index in [0.717, 1.165) is 17.7 Å². The summed E-state index contributed by atoms with van der Waals surface area (Å²) in [7, 11) is 0. The number of alkyl halides is 3. The highest BCUT2D eigenvalue weighted by atomic mass is 35.5. The van der Waals surface area contributed by atoms with Crippen LogP contribution in [0.2, 0.25) is 10.0 Å². The molecule has 4 rings (SSSR count). The van der Waals surface area contributed by atoms with Crippen LogP contribution in [0.4, 0.5) is 24.0 Å². The van der Waals surface area contributed by atoms with Gasteiger partial charge in [-0.3, -0.25) is 9.59 Å². The minimum absolute atomic E-state index is 0.113. The Kier molecular flexibility index (Phi) is 9.11. The maximum Gasteiger partial charge on any atom is 0.416 e.